The van der Waals surface area contributed by atoms with E-state index in [2.05, 4.69) is 32.8 Å². The fraction of sp³-hybridized carbons (Fsp3) is 0.750. The van der Waals surface area contributed by atoms with Gasteiger partial charge in [0.1, 0.15) is 0 Å². The lowest BCUT2D eigenvalue weighted by molar-refractivity contribution is -0.131. The Balaban J connectivity index is 1.54. The van der Waals surface area contributed by atoms with E-state index >= 15 is 0 Å². The van der Waals surface area contributed by atoms with Gasteiger partial charge in [-0.3, -0.25) is 10.2 Å². The Morgan fingerprint density at radius 1 is 1.26 bits per heavy atom. The number of aromatic amines is 1. The number of carbonyl (C=O) groups is 1. The first-order valence-corrected chi connectivity index (χ1v) is 6.85. The van der Waals surface area contributed by atoms with Crippen LogP contribution >= 0.6 is 0 Å². The third-order valence-corrected chi connectivity index (χ3v) is 4.01. The molecule has 19 heavy (non-hydrogen) atoms. The predicted molar refractivity (Wildman–Crippen MR) is 69.1 cm³/mol. The number of nitrogens with one attached hydrogen (secondary N) is 2. The van der Waals surface area contributed by atoms with Crippen molar-refractivity contribution in [1.29, 1.82) is 0 Å². The number of hydrogen-bond acceptors (Lipinski definition) is 5. The molecule has 0 bridgehead atoms. The summed E-state index contributed by atoms with van der Waals surface area (Å²) in [5.74, 6) is 0.149. The Bertz CT molecular complexity index is 451. The van der Waals surface area contributed by atoms with Crippen LogP contribution in [0.25, 0.3) is 0 Å². The number of nitrogens with zero attached hydrogens (tertiary/aromatic N) is 4. The minimum atomic E-state index is 0.0252. The van der Waals surface area contributed by atoms with E-state index in [0.29, 0.717) is 6.42 Å². The molecule has 1 saturated heterocycles. The largest absolute Gasteiger partial charge is 0.304 e. The van der Waals surface area contributed by atoms with Gasteiger partial charge in [-0.15, -0.1) is 0 Å². The van der Waals surface area contributed by atoms with Gasteiger partial charge in [0.05, 0.1) is 11.4 Å². The van der Waals surface area contributed by atoms with Gasteiger partial charge in [-0.25, -0.2) is 5.01 Å². The summed E-state index contributed by atoms with van der Waals surface area (Å²) < 4.78 is 0. The molecule has 1 aliphatic heterocycles. The molecule has 2 heterocycles. The lowest BCUT2D eigenvalue weighted by Gasteiger charge is -2.33. The van der Waals surface area contributed by atoms with Crippen LogP contribution in [-0.2, 0) is 17.6 Å². The van der Waals surface area contributed by atoms with Gasteiger partial charge in [-0.1, -0.05) is 0 Å². The maximum Gasteiger partial charge on any atom is 0.237 e. The van der Waals surface area contributed by atoms with Crippen molar-refractivity contribution in [3.05, 3.63) is 11.4 Å². The molecule has 1 aromatic rings. The highest BCUT2D eigenvalue weighted by atomic mass is 16.2. The average Bonchev–Trinajstić information content (AvgIpc) is 2.88. The summed E-state index contributed by atoms with van der Waals surface area (Å²) in [5, 5.41) is 12.9. The molecule has 1 fully saturated rings. The van der Waals surface area contributed by atoms with Crippen LogP contribution in [0, 0.1) is 5.92 Å². The molecule has 7 nitrogen and oxygen atoms in total. The van der Waals surface area contributed by atoms with Crippen LogP contribution in [-0.4, -0.2) is 64.5 Å². The van der Waals surface area contributed by atoms with E-state index in [0.717, 1.165) is 50.4 Å². The summed E-state index contributed by atoms with van der Waals surface area (Å²) in [4.78, 5) is 14.5. The van der Waals surface area contributed by atoms with Crippen LogP contribution in [0.1, 0.15) is 17.8 Å². The Labute approximate surface area is 112 Å². The summed E-state index contributed by atoms with van der Waals surface area (Å²) >= 11 is 0. The smallest absolute Gasteiger partial charge is 0.237 e. The molecule has 0 radical (unpaired) electrons. The van der Waals surface area contributed by atoms with Crippen LogP contribution in [0.4, 0.5) is 0 Å². The summed E-state index contributed by atoms with van der Waals surface area (Å²) in [6.07, 6.45) is 2.40. The summed E-state index contributed by atoms with van der Waals surface area (Å²) in [6.45, 7) is 3.78. The first-order valence-electron chi connectivity index (χ1n) is 6.85. The van der Waals surface area contributed by atoms with E-state index in [4.69, 9.17) is 0 Å². The number of carbonyl (C=O) groups excluding carboxylic acids is 1. The van der Waals surface area contributed by atoms with Gasteiger partial charge in [0.2, 0.25) is 5.91 Å². The van der Waals surface area contributed by atoms with E-state index in [1.54, 1.807) is 0 Å². The average molecular weight is 264 g/mol. The number of rotatable bonds is 2. The number of likely N-dealkylation sites (N-methyl/N-ethyl adjacent to an activating group) is 1. The van der Waals surface area contributed by atoms with Gasteiger partial charge in [0.15, 0.2) is 0 Å². The molecular formula is C12H20N6O. The quantitative estimate of drug-likeness (QED) is 0.730. The van der Waals surface area contributed by atoms with Crippen molar-refractivity contribution in [3.8, 4) is 0 Å². The number of aryl methyl sites for hydroxylation is 1. The number of hydrazine groups is 1. The van der Waals surface area contributed by atoms with Crippen molar-refractivity contribution < 1.29 is 4.79 Å². The van der Waals surface area contributed by atoms with Crippen molar-refractivity contribution in [3.63, 3.8) is 0 Å². The highest BCUT2D eigenvalue weighted by Crippen LogP contribution is 2.22. The SMILES string of the molecule is CN1CCN(NC(=O)C2CCc3n[nH]nc3C2)CC1. The molecular weight excluding hydrogens is 244 g/mol. The Hall–Kier alpha value is -1.47. The lowest BCUT2D eigenvalue weighted by Crippen LogP contribution is -2.54. The minimum Gasteiger partial charge on any atom is -0.304 e. The molecule has 7 heteroatoms. The molecule has 1 atom stereocenters. The van der Waals surface area contributed by atoms with Gasteiger partial charge in [0, 0.05) is 38.5 Å². The molecule has 1 unspecified atom stereocenters. The van der Waals surface area contributed by atoms with Gasteiger partial charge < -0.3 is 4.90 Å². The lowest BCUT2D eigenvalue weighted by atomic mass is 9.89. The van der Waals surface area contributed by atoms with E-state index in [1.165, 1.54) is 0 Å². The normalized spacial score (nSPS) is 25.0. The van der Waals surface area contributed by atoms with Crippen LogP contribution in [0.5, 0.6) is 0 Å². The standard InChI is InChI=1S/C12H20N6O/c1-17-4-6-18(7-5-17)15-12(19)9-2-3-10-11(8-9)14-16-13-10/h9H,2-8H2,1H3,(H,15,19)(H,13,14,16). The van der Waals surface area contributed by atoms with Gasteiger partial charge in [0.25, 0.3) is 0 Å². The van der Waals surface area contributed by atoms with Crippen LogP contribution in [0.2, 0.25) is 0 Å². The number of amides is 1. The highest BCUT2D eigenvalue weighted by molar-refractivity contribution is 5.78. The van der Waals surface area contributed by atoms with Gasteiger partial charge in [-0.2, -0.15) is 15.4 Å². The molecule has 104 valence electrons. The zero-order valence-corrected chi connectivity index (χ0v) is 11.2. The predicted octanol–water partition coefficient (Wildman–Crippen LogP) is -0.812. The van der Waals surface area contributed by atoms with E-state index in [-0.39, 0.29) is 11.8 Å². The topological polar surface area (TPSA) is 77.1 Å². The van der Waals surface area contributed by atoms with Crippen LogP contribution < -0.4 is 5.43 Å². The maximum atomic E-state index is 12.3. The molecule has 0 saturated carbocycles. The monoisotopic (exact) mass is 264 g/mol. The van der Waals surface area contributed by atoms with Crippen molar-refractivity contribution in [2.24, 2.45) is 5.92 Å². The zero-order valence-electron chi connectivity index (χ0n) is 11.2. The molecule has 0 aromatic carbocycles. The Kier molecular flexibility index (Phi) is 3.48. The fourth-order valence-electron chi connectivity index (χ4n) is 2.67. The van der Waals surface area contributed by atoms with Crippen molar-refractivity contribution in [2.75, 3.05) is 33.2 Å². The van der Waals surface area contributed by atoms with E-state index in [1.807, 2.05) is 5.01 Å². The molecule has 0 spiro atoms. The van der Waals surface area contributed by atoms with Gasteiger partial charge in [-0.05, 0) is 19.9 Å². The second-order valence-electron chi connectivity index (χ2n) is 5.42. The molecule has 1 aromatic heterocycles. The Morgan fingerprint density at radius 3 is 2.79 bits per heavy atom. The highest BCUT2D eigenvalue weighted by Gasteiger charge is 2.28. The first-order chi connectivity index (χ1) is 9.22. The van der Waals surface area contributed by atoms with E-state index < -0.39 is 0 Å². The summed E-state index contributed by atoms with van der Waals surface area (Å²) in [5.41, 5.74) is 5.01. The zero-order chi connectivity index (χ0) is 13.2. The maximum absolute atomic E-state index is 12.3. The minimum absolute atomic E-state index is 0.0252. The molecule has 1 aliphatic carbocycles. The number of piperazine rings is 1. The fourth-order valence-corrected chi connectivity index (χ4v) is 2.67. The second kappa shape index (κ2) is 5.26. The molecule has 2 aliphatic rings. The number of aromatic nitrogens is 3. The van der Waals surface area contributed by atoms with Crippen molar-refractivity contribution in [1.82, 2.24) is 30.7 Å². The van der Waals surface area contributed by atoms with Crippen molar-refractivity contribution >= 4 is 5.91 Å². The van der Waals surface area contributed by atoms with Gasteiger partial charge >= 0.3 is 0 Å². The van der Waals surface area contributed by atoms with Crippen molar-refractivity contribution in [2.45, 2.75) is 19.3 Å². The summed E-state index contributed by atoms with van der Waals surface area (Å²) in [6, 6.07) is 0. The summed E-state index contributed by atoms with van der Waals surface area (Å²) in [7, 11) is 2.10. The third kappa shape index (κ3) is 2.76. The van der Waals surface area contributed by atoms with Crippen LogP contribution in [0.3, 0.4) is 0 Å². The molecule has 1 amide bonds. The Morgan fingerprint density at radius 2 is 2.00 bits per heavy atom. The number of hydrogen-bond donors (Lipinski definition) is 2. The molecule has 3 rings (SSSR count). The number of fused-ring (bicyclic) bond motifs is 1. The molecule has 2 N–H and O–H groups in total. The third-order valence-electron chi connectivity index (χ3n) is 4.01. The number of H-pyrrole nitrogens is 1. The first kappa shape index (κ1) is 12.6. The van der Waals surface area contributed by atoms with E-state index in [9.17, 15) is 4.79 Å². The van der Waals surface area contributed by atoms with Crippen LogP contribution in [0.15, 0.2) is 0 Å². The second-order valence-corrected chi connectivity index (χ2v) is 5.42.